The zero-order chi connectivity index (χ0) is 35.1. The largest absolute Gasteiger partial charge is 3.00 e. The molecule has 2 rings (SSSR count). The van der Waals surface area contributed by atoms with Gasteiger partial charge in [0.2, 0.25) is 0 Å². The molecule has 0 amide bonds. The first-order valence-electron chi connectivity index (χ1n) is 14.3. The van der Waals surface area contributed by atoms with E-state index in [0.717, 1.165) is 0 Å². The molecule has 12 N–H and O–H groups in total. The van der Waals surface area contributed by atoms with E-state index in [1.165, 1.54) is 14.2 Å². The fourth-order valence-corrected chi connectivity index (χ4v) is 6.80. The molecule has 0 bridgehead atoms. The van der Waals surface area contributed by atoms with Crippen molar-refractivity contribution in [2.24, 2.45) is 10.8 Å². The molecule has 60 heavy (non-hydrogen) atoms. The molecule has 0 aliphatic rings. The number of alkyl halides is 2. The van der Waals surface area contributed by atoms with Gasteiger partial charge in [0.05, 0.1) is 24.0 Å². The van der Waals surface area contributed by atoms with Gasteiger partial charge in [0.25, 0.3) is 0 Å². The van der Waals surface area contributed by atoms with Gasteiger partial charge < -0.3 is 131 Å². The molecule has 0 aliphatic heterocycles. The fourth-order valence-electron chi connectivity index (χ4n) is 4.68. The first-order valence-corrected chi connectivity index (χ1v) is 16.7. The van der Waals surface area contributed by atoms with Crippen LogP contribution in [0.25, 0.3) is 10.8 Å². The molecular formula is C38H70Br2Fe2O16S2-2. The second kappa shape index (κ2) is 39.3. The summed E-state index contributed by atoms with van der Waals surface area (Å²) in [5.41, 5.74) is -2.35. The van der Waals surface area contributed by atoms with Crippen LogP contribution in [0.5, 0.6) is 11.5 Å². The second-order valence-corrected chi connectivity index (χ2v) is 16.7. The van der Waals surface area contributed by atoms with Gasteiger partial charge in [0, 0.05) is 25.0 Å². The van der Waals surface area contributed by atoms with E-state index in [1.807, 2.05) is 0 Å². The molecule has 0 saturated carbocycles. The predicted molar refractivity (Wildman–Crippen MR) is 244 cm³/mol. The van der Waals surface area contributed by atoms with Gasteiger partial charge in [-0.1, -0.05) is 56.1 Å². The van der Waals surface area contributed by atoms with Crippen LogP contribution in [0.2, 0.25) is 0 Å². The Morgan fingerprint density at radius 1 is 0.517 bits per heavy atom. The third kappa shape index (κ3) is 25.1. The number of hydrogen-bond acceptors (Lipinski definition) is 12. The Balaban J connectivity index is -0.000000143. The van der Waals surface area contributed by atoms with E-state index in [0.29, 0.717) is 10.8 Å². The molecule has 2 aromatic carbocycles. The number of methoxy groups -OCH3 is 2. The molecule has 2 atom stereocenters. The Morgan fingerprint density at radius 2 is 0.767 bits per heavy atom. The summed E-state index contributed by atoms with van der Waals surface area (Å²) in [7, 11) is 2.99. The van der Waals surface area contributed by atoms with Gasteiger partial charge in [-0.05, 0) is 54.4 Å². The van der Waals surface area contributed by atoms with Crippen molar-refractivity contribution in [1.82, 2.24) is 0 Å². The Bertz CT molecular complexity index is 1360. The first kappa shape index (κ1) is 93.6. The van der Waals surface area contributed by atoms with Crippen LogP contribution in [0.15, 0.2) is 34.1 Å². The van der Waals surface area contributed by atoms with Crippen LogP contribution in [0, 0.1) is 55.4 Å². The molecule has 362 valence electrons. The number of ether oxygens (including phenoxy) is 6. The third-order valence-electron chi connectivity index (χ3n) is 6.97. The minimum absolute atomic E-state index is 0. The maximum atomic E-state index is 13.5. The molecule has 2 aromatic rings. The van der Waals surface area contributed by atoms with Gasteiger partial charge in [0.15, 0.2) is 0 Å². The van der Waals surface area contributed by atoms with Crippen LogP contribution in [0.4, 0.5) is 0 Å². The minimum Gasteiger partial charge on any atom is -0.777 e. The zero-order valence-corrected chi connectivity index (χ0v) is 43.9. The second-order valence-electron chi connectivity index (χ2n) is 12.4. The molecule has 0 spiro atoms. The molecule has 16 nitrogen and oxygen atoms in total. The van der Waals surface area contributed by atoms with Crippen LogP contribution < -0.4 is 9.47 Å². The van der Waals surface area contributed by atoms with Crippen molar-refractivity contribution in [1.29, 1.82) is 0 Å². The van der Waals surface area contributed by atoms with Gasteiger partial charge in [-0.3, -0.25) is 19.2 Å². The summed E-state index contributed by atoms with van der Waals surface area (Å²) in [6.07, 6.45) is 0.0700. The van der Waals surface area contributed by atoms with Gasteiger partial charge >= 0.3 is 58.0 Å². The van der Waals surface area contributed by atoms with Crippen molar-refractivity contribution in [2.75, 3.05) is 40.6 Å². The van der Waals surface area contributed by atoms with Gasteiger partial charge in [0.1, 0.15) is 33.4 Å². The number of fused-ring (bicyclic) bond motifs is 1. The number of halogens is 2. The summed E-state index contributed by atoms with van der Waals surface area (Å²) >= 11 is 18.1. The smallest absolute Gasteiger partial charge is 0.777 e. The molecular weight excluding hydrogens is 1050 g/mol. The van der Waals surface area contributed by atoms with E-state index in [1.54, 1.807) is 65.8 Å². The van der Waals surface area contributed by atoms with Crippen molar-refractivity contribution in [2.45, 2.75) is 72.8 Å². The van der Waals surface area contributed by atoms with Crippen molar-refractivity contribution >= 4 is 91.8 Å². The van der Waals surface area contributed by atoms with Crippen molar-refractivity contribution < 1.29 is 115 Å². The SMILES string of the molecule is COCCOC(=O)C(C)(Br)CC(C)(C)C(=O)Oc1c([S-])c([S-])c(OC(=O)C(C)(C)CC(C)(Br)C(=O)OCCOC)c2ccccc12.O.O.O.O.O.O.[CH3-].[CH3-].[CH3-].[CH3-].[CH3-].[CH3-].[Fe+3].[Fe+3]. The third-order valence-corrected chi connectivity index (χ3v) is 9.09. The number of hydrogen-bond donors (Lipinski definition) is 0. The van der Waals surface area contributed by atoms with E-state index >= 15 is 0 Å². The van der Waals surface area contributed by atoms with Crippen LogP contribution in [-0.2, 0) is 97.5 Å². The summed E-state index contributed by atoms with van der Waals surface area (Å²) in [6.45, 7) is 10.4. The first-order chi connectivity index (χ1) is 21.2. The summed E-state index contributed by atoms with van der Waals surface area (Å²) in [6, 6.07) is 6.78. The summed E-state index contributed by atoms with van der Waals surface area (Å²) < 4.78 is 29.7. The van der Waals surface area contributed by atoms with Crippen LogP contribution in [-0.4, -0.2) is 106 Å². The molecule has 2 radical (unpaired) electrons. The topological polar surface area (TPSA) is 313 Å². The molecule has 2 unspecified atom stereocenters. The summed E-state index contributed by atoms with van der Waals surface area (Å²) in [5.74, 6) is -2.34. The minimum atomic E-state index is -1.19. The van der Waals surface area contributed by atoms with Crippen LogP contribution >= 0.6 is 31.9 Å². The van der Waals surface area contributed by atoms with Gasteiger partial charge in [-0.15, -0.1) is 9.79 Å². The average molecular weight is 1120 g/mol. The van der Waals surface area contributed by atoms with Crippen LogP contribution in [0.3, 0.4) is 0 Å². The van der Waals surface area contributed by atoms with E-state index in [9.17, 15) is 19.2 Å². The number of rotatable bonds is 16. The Hall–Kier alpha value is -1.30. The zero-order valence-electron chi connectivity index (χ0n) is 36.9. The number of carbonyl (C=O) groups excluding carboxylic acids is 4. The van der Waals surface area contributed by atoms with Gasteiger partial charge in [-0.25, -0.2) is 0 Å². The quantitative estimate of drug-likeness (QED) is 0.0442. The van der Waals surface area contributed by atoms with E-state index in [2.05, 4.69) is 31.9 Å². The van der Waals surface area contributed by atoms with E-state index < -0.39 is 43.4 Å². The monoisotopic (exact) mass is 1120 g/mol. The molecule has 0 aliphatic carbocycles. The molecule has 0 saturated heterocycles. The molecule has 0 heterocycles. The van der Waals surface area contributed by atoms with E-state index in [4.69, 9.17) is 53.7 Å². The van der Waals surface area contributed by atoms with Crippen molar-refractivity contribution in [3.63, 3.8) is 0 Å². The Morgan fingerprint density at radius 3 is 1.00 bits per heavy atom. The maximum Gasteiger partial charge on any atom is 3.00 e. The number of benzene rings is 2. The standard InChI is InChI=1S/C32H42Br2O10S2.6CH3.2Fe.6H2O/c1-29(2,17-31(5,33)27(37)41-15-13-39-7)25(35)43-21-19-11-9-10-12-20(19)22(24(46)23(21)45)44-26(36)30(3,4)18-32(6,34)28(38)42-16-14-40-8;;;;;;;;;;;;;;/h9-12,45-46H,13-18H2,1-8H3;6*1H3;;;6*1H2/q;6*-1;2*+3;;;;;;/p-2. The molecule has 0 fully saturated rings. The van der Waals surface area contributed by atoms with Crippen molar-refractivity contribution in [3.8, 4) is 11.5 Å². The predicted octanol–water partition coefficient (Wildman–Crippen LogP) is 3.73. The Kier molecular flexibility index (Phi) is 61.3. The Labute approximate surface area is 408 Å². The van der Waals surface area contributed by atoms with E-state index in [-0.39, 0.29) is 172 Å². The summed E-state index contributed by atoms with van der Waals surface area (Å²) in [4.78, 5) is 52.4. The maximum absolute atomic E-state index is 13.5. The van der Waals surface area contributed by atoms with Gasteiger partial charge in [-0.2, -0.15) is 0 Å². The fraction of sp³-hybridized carbons (Fsp3) is 0.474. The average Bonchev–Trinajstić information content (AvgIpc) is 2.96. The van der Waals surface area contributed by atoms with Crippen molar-refractivity contribution in [3.05, 3.63) is 68.8 Å². The summed E-state index contributed by atoms with van der Waals surface area (Å²) in [5, 5.41) is 0.803. The molecule has 0 aromatic heterocycles. The van der Waals surface area contributed by atoms with Crippen LogP contribution in [0.1, 0.15) is 54.4 Å². The number of esters is 4. The number of carbonyl (C=O) groups is 4. The molecule has 22 heteroatoms. The normalized spacial score (nSPS) is 11.2.